The van der Waals surface area contributed by atoms with Crippen LogP contribution in [0.2, 0.25) is 0 Å². The van der Waals surface area contributed by atoms with Crippen molar-refractivity contribution < 1.29 is 80.1 Å². The van der Waals surface area contributed by atoms with E-state index in [2.05, 4.69) is 45.3 Å². The predicted molar refractivity (Wildman–Crippen MR) is 237 cm³/mol. The van der Waals surface area contributed by atoms with Crippen LogP contribution < -0.4 is 15.5 Å². The average Bonchev–Trinajstić information content (AvgIpc) is 3.88. The largest absolute Gasteiger partial charge is 0.508 e. The summed E-state index contributed by atoms with van der Waals surface area (Å²) in [5.41, 5.74) is 3.96. The maximum absolute atomic E-state index is 13.5. The summed E-state index contributed by atoms with van der Waals surface area (Å²) in [6.45, 7) is -0.257. The molecule has 5 atom stereocenters. The van der Waals surface area contributed by atoms with Gasteiger partial charge in [-0.3, -0.25) is 23.5 Å². The van der Waals surface area contributed by atoms with Crippen molar-refractivity contribution in [2.75, 3.05) is 11.9 Å². The van der Waals surface area contributed by atoms with E-state index >= 15 is 0 Å². The molecular weight excluding hydrogens is 955 g/mol. The number of nitrogens with zero attached hydrogens (tertiary/aromatic N) is 4. The Morgan fingerprint density at radius 1 is 0.926 bits per heavy atom. The molecule has 26 heteroatoms. The minimum absolute atomic E-state index is 0.0630. The third kappa shape index (κ3) is 11.3. The second-order valence-electron chi connectivity index (χ2n) is 14.9. The number of hydrogen-bond acceptors (Lipinski definition) is 18. The highest BCUT2D eigenvalue weighted by Gasteiger charge is 2.43. The lowest BCUT2D eigenvalue weighted by molar-refractivity contribution is -0.120. The number of ether oxygens (including phenoxy) is 2. The van der Waals surface area contributed by atoms with E-state index in [0.717, 1.165) is 5.56 Å². The van der Waals surface area contributed by atoms with Gasteiger partial charge in [-0.1, -0.05) is 24.0 Å². The van der Waals surface area contributed by atoms with Crippen molar-refractivity contribution in [1.29, 1.82) is 0 Å². The van der Waals surface area contributed by atoms with Crippen molar-refractivity contribution in [1.82, 2.24) is 19.5 Å². The first kappa shape index (κ1) is 48.0. The van der Waals surface area contributed by atoms with Crippen LogP contribution >= 0.6 is 23.5 Å². The zero-order valence-corrected chi connectivity index (χ0v) is 37.4. The highest BCUT2D eigenvalue weighted by molar-refractivity contribution is 7.66. The number of ketones is 1. The van der Waals surface area contributed by atoms with Crippen molar-refractivity contribution in [3.63, 3.8) is 0 Å². The highest BCUT2D eigenvalue weighted by Crippen LogP contribution is 2.66. The second kappa shape index (κ2) is 19.6. The standard InChI is InChI=1S/C42H36N5O18P3/c48-23-60-34-14-9-26(15-31(34)39-29-12-10-27(49)16-35(29)62-36-17-28(50)11-13-30(36)39)32(51)4-2-1-3-24-5-7-25(8-6-24)19-43-41-40-42(45-21-44-41)47(22-46-40)38-18-33(52)37(63-38)20-61-67(56,57)65-68(58,59)64-66(53,54)55/h5-17,21-23,33,37-38,49,52H,2,4,18-20H2,(H,56,57)(H,58,59)(H,43,44,45)(H2,53,54,55)/t33?,37-,38-/m1/s1. The van der Waals surface area contributed by atoms with Crippen LogP contribution in [0.3, 0.4) is 0 Å². The smallest absolute Gasteiger partial charge is 0.490 e. The van der Waals surface area contributed by atoms with Gasteiger partial charge >= 0.3 is 23.5 Å². The van der Waals surface area contributed by atoms with E-state index in [-0.39, 0.29) is 59.8 Å². The summed E-state index contributed by atoms with van der Waals surface area (Å²) in [5, 5.41) is 24.5. The maximum atomic E-state index is 13.5. The predicted octanol–water partition coefficient (Wildman–Crippen LogP) is 5.56. The number of aromatic hydroxyl groups is 1. The summed E-state index contributed by atoms with van der Waals surface area (Å²) >= 11 is 0. The Bertz CT molecular complexity index is 3310. The summed E-state index contributed by atoms with van der Waals surface area (Å²) in [7, 11) is -16.8. The molecule has 5 aromatic rings. The molecule has 3 aromatic carbocycles. The zero-order valence-electron chi connectivity index (χ0n) is 34.7. The first-order valence-electron chi connectivity index (χ1n) is 19.9. The Labute approximate surface area is 382 Å². The van der Waals surface area contributed by atoms with Gasteiger partial charge in [-0.05, 0) is 60.2 Å². The van der Waals surface area contributed by atoms with E-state index < -0.39 is 48.5 Å². The van der Waals surface area contributed by atoms with E-state index in [1.807, 2.05) is 24.3 Å². The van der Waals surface area contributed by atoms with Crippen molar-refractivity contribution in [3.8, 4) is 45.8 Å². The molecule has 0 amide bonds. The van der Waals surface area contributed by atoms with Gasteiger partial charge < -0.3 is 49.0 Å². The first-order chi connectivity index (χ1) is 32.3. The summed E-state index contributed by atoms with van der Waals surface area (Å²) in [4.78, 5) is 86.7. The first-order valence-corrected chi connectivity index (χ1v) is 24.5. The summed E-state index contributed by atoms with van der Waals surface area (Å²) < 4.78 is 65.2. The van der Waals surface area contributed by atoms with E-state index in [1.165, 1.54) is 47.6 Å². The van der Waals surface area contributed by atoms with E-state index in [1.54, 1.807) is 24.3 Å². The van der Waals surface area contributed by atoms with Crippen LogP contribution in [-0.2, 0) is 42.9 Å². The Morgan fingerprint density at radius 3 is 2.49 bits per heavy atom. The molecular formula is C42H36N5O18P3. The monoisotopic (exact) mass is 991 g/mol. The van der Waals surface area contributed by atoms with Gasteiger partial charge in [0, 0.05) is 71.1 Å². The lowest BCUT2D eigenvalue weighted by Crippen LogP contribution is -2.26. The number of aliphatic hydroxyl groups is 1. The number of phosphoric acid groups is 3. The zero-order chi connectivity index (χ0) is 48.4. The molecule has 2 aliphatic heterocycles. The molecule has 2 aromatic heterocycles. The Morgan fingerprint density at radius 2 is 1.72 bits per heavy atom. The lowest BCUT2D eigenvalue weighted by atomic mass is 9.91. The van der Waals surface area contributed by atoms with Crippen LogP contribution in [-0.4, -0.2) is 80.4 Å². The SMILES string of the molecule is O=COc1ccc(C(=O)CCC#Cc2ccc(CNc3ncnc4c3ncn4[C@H]3CC(O)[C@@H](COP(=O)(O)OP(=O)(O)OP(=O)(O)O)O3)cc2)cc1-c1c2ccc(=O)cc-2oc2cc(O)ccc12. The van der Waals surface area contributed by atoms with Crippen LogP contribution in [0.15, 0.2) is 101 Å². The summed E-state index contributed by atoms with van der Waals surface area (Å²) in [5.74, 6) is 6.58. The fourth-order valence-corrected chi connectivity index (χ4v) is 10.3. The van der Waals surface area contributed by atoms with Gasteiger partial charge in [0.1, 0.15) is 41.5 Å². The quantitative estimate of drug-likeness (QED) is 0.0193. The fourth-order valence-electron chi connectivity index (χ4n) is 7.28. The number of phosphoric ester groups is 1. The number of hydrogen-bond donors (Lipinski definition) is 7. The van der Waals surface area contributed by atoms with Crippen molar-refractivity contribution >= 4 is 63.7 Å². The highest BCUT2D eigenvalue weighted by atomic mass is 31.3. The van der Waals surface area contributed by atoms with E-state index in [9.17, 15) is 48.1 Å². The number of carbonyl (C=O) groups is 2. The number of rotatable bonds is 17. The van der Waals surface area contributed by atoms with Gasteiger partial charge in [0.15, 0.2) is 28.2 Å². The molecule has 0 saturated carbocycles. The molecule has 1 aliphatic carbocycles. The van der Waals surface area contributed by atoms with Gasteiger partial charge in [0.05, 0.1) is 19.0 Å². The number of anilines is 1. The van der Waals surface area contributed by atoms with E-state index in [0.29, 0.717) is 56.7 Å². The van der Waals surface area contributed by atoms with Gasteiger partial charge in [-0.2, -0.15) is 8.62 Å². The minimum atomic E-state index is -5.73. The summed E-state index contributed by atoms with van der Waals surface area (Å²) in [6, 6.07) is 20.8. The maximum Gasteiger partial charge on any atom is 0.490 e. The molecule has 68 heavy (non-hydrogen) atoms. The number of phenols is 1. The summed E-state index contributed by atoms with van der Waals surface area (Å²) in [6.07, 6.45) is -0.545. The Balaban J connectivity index is 0.876. The van der Waals surface area contributed by atoms with E-state index in [4.69, 9.17) is 23.7 Å². The molecule has 0 bridgehead atoms. The number of imidazole rings is 1. The molecule has 1 saturated heterocycles. The molecule has 0 radical (unpaired) electrons. The third-order valence-electron chi connectivity index (χ3n) is 10.2. The Kier molecular flexibility index (Phi) is 13.9. The molecule has 3 unspecified atom stereocenters. The number of benzene rings is 4. The van der Waals surface area contributed by atoms with Crippen molar-refractivity contribution in [2.45, 2.75) is 44.2 Å². The van der Waals surface area contributed by atoms with Crippen LogP contribution in [0.5, 0.6) is 11.5 Å². The van der Waals surface area contributed by atoms with Gasteiger partial charge in [-0.25, -0.2) is 28.6 Å². The number of Topliss-reactive ketones (excluding diaryl/α,β-unsaturated/α-hetero) is 1. The molecule has 3 aliphatic rings. The molecule has 23 nitrogen and oxygen atoms in total. The topological polar surface area (TPSA) is 339 Å². The van der Waals surface area contributed by atoms with Crippen LogP contribution in [0.4, 0.5) is 5.82 Å². The number of nitrogens with one attached hydrogen (secondary N) is 1. The number of aromatic nitrogens is 4. The molecule has 0 spiro atoms. The Hall–Kier alpha value is -6.47. The minimum Gasteiger partial charge on any atom is -0.508 e. The molecule has 8 rings (SSSR count). The normalized spacial score (nSPS) is 17.9. The van der Waals surface area contributed by atoms with Crippen LogP contribution in [0.1, 0.15) is 47.0 Å². The van der Waals surface area contributed by atoms with Gasteiger partial charge in [-0.15, -0.1) is 0 Å². The molecule has 352 valence electrons. The number of fused-ring (bicyclic) bond motifs is 3. The van der Waals surface area contributed by atoms with Crippen molar-refractivity contribution in [2.24, 2.45) is 0 Å². The molecule has 4 heterocycles. The van der Waals surface area contributed by atoms with Crippen LogP contribution in [0.25, 0.3) is 44.6 Å². The number of aliphatic hydroxyl groups excluding tert-OH is 1. The lowest BCUT2D eigenvalue weighted by Gasteiger charge is -2.19. The third-order valence-corrected chi connectivity index (χ3v) is 14.0. The fraction of sp³-hybridized carbons (Fsp3) is 0.190. The van der Waals surface area contributed by atoms with Gasteiger partial charge in [0.25, 0.3) is 6.47 Å². The van der Waals surface area contributed by atoms with Crippen LogP contribution in [0, 0.1) is 11.8 Å². The number of carbonyl (C=O) groups excluding carboxylic acids is 2. The number of phenolic OH excluding ortho intramolecular Hbond substituents is 1. The average molecular weight is 992 g/mol. The van der Waals surface area contributed by atoms with Crippen molar-refractivity contribution in [3.05, 3.63) is 118 Å². The molecule has 1 fully saturated rings. The molecule has 7 N–H and O–H groups in total. The second-order valence-corrected chi connectivity index (χ2v) is 19.3. The van der Waals surface area contributed by atoms with Gasteiger partial charge in [0.2, 0.25) is 0 Å².